The molecule has 0 spiro atoms. The zero-order valence-electron chi connectivity index (χ0n) is 16.0. The molecule has 0 radical (unpaired) electrons. The zero-order chi connectivity index (χ0) is 18.9. The van der Waals surface area contributed by atoms with E-state index in [2.05, 4.69) is 19.9 Å². The van der Waals surface area contributed by atoms with E-state index in [1.807, 2.05) is 13.0 Å². The third-order valence-electron chi connectivity index (χ3n) is 8.71. The van der Waals surface area contributed by atoms with Crippen LogP contribution in [0.5, 0.6) is 0 Å². The second-order valence-corrected chi connectivity index (χ2v) is 9.54. The largest absolute Gasteiger partial charge is 0.388 e. The Balaban J connectivity index is 1.72. The minimum Gasteiger partial charge on any atom is -0.388 e. The fourth-order valence-corrected chi connectivity index (χ4v) is 7.25. The first-order valence-corrected chi connectivity index (χ1v) is 9.99. The van der Waals surface area contributed by atoms with E-state index in [9.17, 15) is 19.8 Å². The van der Waals surface area contributed by atoms with Crippen molar-refractivity contribution in [3.63, 3.8) is 0 Å². The van der Waals surface area contributed by atoms with Gasteiger partial charge in [-0.25, -0.2) is 0 Å². The highest BCUT2D eigenvalue weighted by molar-refractivity contribution is 6.01. The monoisotopic (exact) mass is 358 g/mol. The van der Waals surface area contributed by atoms with Crippen LogP contribution >= 0.6 is 0 Å². The molecule has 4 aliphatic carbocycles. The lowest BCUT2D eigenvalue weighted by molar-refractivity contribution is -0.169. The fourth-order valence-electron chi connectivity index (χ4n) is 7.25. The summed E-state index contributed by atoms with van der Waals surface area (Å²) in [6, 6.07) is 0. The van der Waals surface area contributed by atoms with Crippen molar-refractivity contribution in [3.05, 3.63) is 23.8 Å². The van der Waals surface area contributed by atoms with Gasteiger partial charge in [0.15, 0.2) is 11.6 Å². The summed E-state index contributed by atoms with van der Waals surface area (Å²) >= 11 is 0. The van der Waals surface area contributed by atoms with E-state index < -0.39 is 23.4 Å². The first kappa shape index (κ1) is 18.1. The number of ketones is 2. The first-order valence-electron chi connectivity index (χ1n) is 9.99. The van der Waals surface area contributed by atoms with Crippen LogP contribution in [0.2, 0.25) is 0 Å². The van der Waals surface area contributed by atoms with Crippen molar-refractivity contribution in [1.82, 2.24) is 0 Å². The molecule has 4 heteroatoms. The van der Waals surface area contributed by atoms with Crippen LogP contribution in [0.15, 0.2) is 23.8 Å². The van der Waals surface area contributed by atoms with Crippen molar-refractivity contribution >= 4 is 11.6 Å². The number of aliphatic hydroxyl groups excluding tert-OH is 1. The van der Waals surface area contributed by atoms with E-state index in [0.717, 1.165) is 32.1 Å². The molecule has 7 atom stereocenters. The van der Waals surface area contributed by atoms with Crippen LogP contribution in [-0.4, -0.2) is 34.0 Å². The Labute approximate surface area is 155 Å². The van der Waals surface area contributed by atoms with Gasteiger partial charge < -0.3 is 10.2 Å². The molecule has 4 aliphatic rings. The average molecular weight is 358 g/mol. The molecule has 26 heavy (non-hydrogen) atoms. The van der Waals surface area contributed by atoms with Crippen molar-refractivity contribution in [2.45, 2.75) is 58.5 Å². The van der Waals surface area contributed by atoms with E-state index in [0.29, 0.717) is 11.8 Å². The maximum atomic E-state index is 12.5. The molecule has 4 nitrogen and oxygen atoms in total. The van der Waals surface area contributed by atoms with Gasteiger partial charge in [-0.1, -0.05) is 32.4 Å². The summed E-state index contributed by atoms with van der Waals surface area (Å²) in [6.45, 7) is 5.69. The van der Waals surface area contributed by atoms with Crippen LogP contribution < -0.4 is 0 Å². The minimum absolute atomic E-state index is 0.0803. The zero-order valence-corrected chi connectivity index (χ0v) is 16.0. The van der Waals surface area contributed by atoms with Gasteiger partial charge in [-0.05, 0) is 67.9 Å². The smallest absolute Gasteiger partial charge is 0.190 e. The number of rotatable bonds is 2. The minimum atomic E-state index is -1.42. The van der Waals surface area contributed by atoms with Crippen LogP contribution in [0.4, 0.5) is 0 Å². The van der Waals surface area contributed by atoms with Crippen molar-refractivity contribution in [3.8, 4) is 0 Å². The number of fused-ring (bicyclic) bond motifs is 5. The second-order valence-electron chi connectivity index (χ2n) is 9.54. The highest BCUT2D eigenvalue weighted by atomic mass is 16.3. The predicted molar refractivity (Wildman–Crippen MR) is 98.2 cm³/mol. The summed E-state index contributed by atoms with van der Waals surface area (Å²) in [4.78, 5) is 24.4. The van der Waals surface area contributed by atoms with Crippen molar-refractivity contribution in [1.29, 1.82) is 0 Å². The molecule has 2 N–H and O–H groups in total. The van der Waals surface area contributed by atoms with Gasteiger partial charge in [0.25, 0.3) is 0 Å². The van der Waals surface area contributed by atoms with Gasteiger partial charge in [0.1, 0.15) is 12.2 Å². The normalized spacial score (nSPS) is 49.9. The number of hydrogen-bond donors (Lipinski definition) is 2. The number of carbonyl (C=O) groups is 2. The highest BCUT2D eigenvalue weighted by Gasteiger charge is 2.68. The van der Waals surface area contributed by atoms with Crippen LogP contribution in [-0.2, 0) is 9.59 Å². The van der Waals surface area contributed by atoms with Crippen LogP contribution in [0, 0.1) is 34.5 Å². The van der Waals surface area contributed by atoms with E-state index in [1.165, 1.54) is 5.57 Å². The molecule has 0 aromatic rings. The summed E-state index contributed by atoms with van der Waals surface area (Å²) in [5.74, 6) is 0.707. The second kappa shape index (κ2) is 5.62. The Morgan fingerprint density at radius 3 is 2.69 bits per heavy atom. The van der Waals surface area contributed by atoms with Gasteiger partial charge in [-0.2, -0.15) is 0 Å². The fraction of sp³-hybridized carbons (Fsp3) is 0.727. The molecular weight excluding hydrogens is 328 g/mol. The number of allylic oxidation sites excluding steroid dienone is 4. The Hall–Kier alpha value is -1.26. The Morgan fingerprint density at radius 2 is 2.00 bits per heavy atom. The molecule has 0 amide bonds. The standard InChI is InChI=1S/C22H30O4/c1-13-10-18-16-5-4-14-11-15(24)6-8-20(14,2)17(16)7-9-21(18,3)22(13,26)19(25)12-23/h6,8,11,13,16-18,23,26H,4-5,7,9-10,12H2,1-3H3/t13?,16?,17?,18?,20-,21-,22-/m0/s1. The molecule has 3 saturated carbocycles. The number of hydrogen-bond acceptors (Lipinski definition) is 4. The quantitative estimate of drug-likeness (QED) is 0.796. The molecule has 0 aromatic heterocycles. The maximum Gasteiger partial charge on any atom is 0.190 e. The molecule has 142 valence electrons. The molecule has 4 rings (SSSR count). The molecule has 4 unspecified atom stereocenters. The lowest BCUT2D eigenvalue weighted by atomic mass is 9.47. The Morgan fingerprint density at radius 1 is 1.27 bits per heavy atom. The molecule has 0 aliphatic heterocycles. The summed E-state index contributed by atoms with van der Waals surface area (Å²) in [7, 11) is 0. The van der Waals surface area contributed by atoms with E-state index in [4.69, 9.17) is 0 Å². The molecule has 0 heterocycles. The molecule has 3 fully saturated rings. The molecule has 0 saturated heterocycles. The maximum absolute atomic E-state index is 12.5. The van der Waals surface area contributed by atoms with Gasteiger partial charge in [-0.3, -0.25) is 9.59 Å². The average Bonchev–Trinajstić information content (AvgIpc) is 2.83. The van der Waals surface area contributed by atoms with Crippen molar-refractivity contribution < 1.29 is 19.8 Å². The number of aliphatic hydroxyl groups is 2. The lowest BCUT2D eigenvalue weighted by Crippen LogP contribution is -2.59. The number of Topliss-reactive ketones (excluding diaryl/α,β-unsaturated/α-hetero) is 1. The number of carbonyl (C=O) groups excluding carboxylic acids is 2. The van der Waals surface area contributed by atoms with Gasteiger partial charge in [0.05, 0.1) is 0 Å². The van der Waals surface area contributed by atoms with Gasteiger partial charge in [0, 0.05) is 10.8 Å². The van der Waals surface area contributed by atoms with Crippen molar-refractivity contribution in [2.24, 2.45) is 34.5 Å². The van der Waals surface area contributed by atoms with Gasteiger partial charge in [0.2, 0.25) is 0 Å². The molecular formula is C22H30O4. The Bertz CT molecular complexity index is 722. The SMILES string of the molecule is CC1CC2C3CCC4=CC(=O)C=C[C@]4(C)C3CC[C@]2(C)[C@@]1(O)C(=O)CO. The van der Waals surface area contributed by atoms with E-state index in [1.54, 1.807) is 6.08 Å². The lowest BCUT2D eigenvalue weighted by Gasteiger charge is -2.58. The topological polar surface area (TPSA) is 74.6 Å². The van der Waals surface area contributed by atoms with Crippen LogP contribution in [0.25, 0.3) is 0 Å². The summed E-state index contributed by atoms with van der Waals surface area (Å²) in [5, 5.41) is 20.9. The summed E-state index contributed by atoms with van der Waals surface area (Å²) in [6.07, 6.45) is 10.1. The predicted octanol–water partition coefficient (Wildman–Crippen LogP) is 2.83. The third kappa shape index (κ3) is 2.03. The first-order chi connectivity index (χ1) is 12.2. The summed E-state index contributed by atoms with van der Waals surface area (Å²) in [5.41, 5.74) is -0.725. The van der Waals surface area contributed by atoms with Crippen LogP contribution in [0.1, 0.15) is 52.9 Å². The molecule has 0 bridgehead atoms. The molecule has 0 aromatic carbocycles. The Kier molecular flexibility index (Phi) is 3.92. The van der Waals surface area contributed by atoms with E-state index >= 15 is 0 Å². The summed E-state index contributed by atoms with van der Waals surface area (Å²) < 4.78 is 0. The van der Waals surface area contributed by atoms with Crippen molar-refractivity contribution in [2.75, 3.05) is 6.61 Å². The van der Waals surface area contributed by atoms with Crippen LogP contribution in [0.3, 0.4) is 0 Å². The van der Waals surface area contributed by atoms with Gasteiger partial charge >= 0.3 is 0 Å². The highest BCUT2D eigenvalue weighted by Crippen LogP contribution is 2.68. The third-order valence-corrected chi connectivity index (χ3v) is 8.71. The van der Waals surface area contributed by atoms with Gasteiger partial charge in [-0.15, -0.1) is 0 Å². The van der Waals surface area contributed by atoms with E-state index in [-0.39, 0.29) is 23.0 Å².